The molecule has 0 aliphatic carbocycles. The van der Waals surface area contributed by atoms with E-state index in [-0.39, 0.29) is 11.9 Å². The van der Waals surface area contributed by atoms with Crippen molar-refractivity contribution in [3.05, 3.63) is 52.0 Å². The smallest absolute Gasteiger partial charge is 0.146 e. The zero-order valence-electron chi connectivity index (χ0n) is 12.0. The fourth-order valence-electron chi connectivity index (χ4n) is 2.33. The average molecular weight is 292 g/mol. The molecule has 0 amide bonds. The van der Waals surface area contributed by atoms with Crippen molar-refractivity contribution in [2.45, 2.75) is 32.9 Å². The van der Waals surface area contributed by atoms with Crippen molar-refractivity contribution in [2.75, 3.05) is 11.4 Å². The summed E-state index contributed by atoms with van der Waals surface area (Å²) in [6, 6.07) is 9.59. The van der Waals surface area contributed by atoms with E-state index in [1.807, 2.05) is 12.1 Å². The molecule has 4 heteroatoms. The van der Waals surface area contributed by atoms with Gasteiger partial charge in [-0.3, -0.25) is 0 Å². The first-order valence-corrected chi connectivity index (χ1v) is 7.78. The van der Waals surface area contributed by atoms with Gasteiger partial charge in [0, 0.05) is 10.9 Å². The molecule has 108 valence electrons. The van der Waals surface area contributed by atoms with Gasteiger partial charge in [0.05, 0.1) is 12.2 Å². The van der Waals surface area contributed by atoms with Crippen LogP contribution in [-0.2, 0) is 13.0 Å². The van der Waals surface area contributed by atoms with Gasteiger partial charge < -0.3 is 10.6 Å². The molecule has 0 aliphatic heterocycles. The molecule has 0 radical (unpaired) electrons. The summed E-state index contributed by atoms with van der Waals surface area (Å²) in [5, 5.41) is 2.05. The first-order chi connectivity index (χ1) is 9.63. The van der Waals surface area contributed by atoms with E-state index in [9.17, 15) is 4.39 Å². The second-order valence-electron chi connectivity index (χ2n) is 5.09. The van der Waals surface area contributed by atoms with E-state index >= 15 is 0 Å². The van der Waals surface area contributed by atoms with Crippen LogP contribution >= 0.6 is 11.3 Å². The Morgan fingerprint density at radius 1 is 1.25 bits per heavy atom. The maximum atomic E-state index is 14.3. The summed E-state index contributed by atoms with van der Waals surface area (Å²) in [4.78, 5) is 3.35. The lowest BCUT2D eigenvalue weighted by Gasteiger charge is -2.31. The molecular formula is C16H21FN2S. The highest BCUT2D eigenvalue weighted by Crippen LogP contribution is 2.29. The van der Waals surface area contributed by atoms with Crippen LogP contribution in [0, 0.1) is 5.82 Å². The summed E-state index contributed by atoms with van der Waals surface area (Å²) in [5.41, 5.74) is 7.33. The lowest BCUT2D eigenvalue weighted by molar-refractivity contribution is 0.596. The molecule has 2 N–H and O–H groups in total. The van der Waals surface area contributed by atoms with E-state index in [2.05, 4.69) is 30.2 Å². The summed E-state index contributed by atoms with van der Waals surface area (Å²) in [6.45, 7) is 5.44. The quantitative estimate of drug-likeness (QED) is 0.877. The Morgan fingerprint density at radius 2 is 2.05 bits per heavy atom. The van der Waals surface area contributed by atoms with Crippen LogP contribution in [0.3, 0.4) is 0 Å². The average Bonchev–Trinajstić information content (AvgIpc) is 2.90. The van der Waals surface area contributed by atoms with Gasteiger partial charge in [-0.25, -0.2) is 4.39 Å². The van der Waals surface area contributed by atoms with Crippen molar-refractivity contribution < 1.29 is 4.39 Å². The molecule has 2 nitrogen and oxygen atoms in total. The molecule has 0 bridgehead atoms. The molecule has 1 aromatic heterocycles. The molecule has 2 aromatic rings. The summed E-state index contributed by atoms with van der Waals surface area (Å²) in [7, 11) is 0. The molecule has 20 heavy (non-hydrogen) atoms. The Labute approximate surface area is 124 Å². The second kappa shape index (κ2) is 6.86. The van der Waals surface area contributed by atoms with Crippen LogP contribution in [0.25, 0.3) is 0 Å². The Hall–Kier alpha value is -1.39. The van der Waals surface area contributed by atoms with Crippen molar-refractivity contribution in [3.8, 4) is 0 Å². The second-order valence-corrected chi connectivity index (χ2v) is 6.12. The highest BCUT2D eigenvalue weighted by Gasteiger charge is 2.19. The molecule has 1 aromatic carbocycles. The van der Waals surface area contributed by atoms with E-state index < -0.39 is 0 Å². The third kappa shape index (κ3) is 3.38. The highest BCUT2D eigenvalue weighted by molar-refractivity contribution is 7.09. The van der Waals surface area contributed by atoms with Crippen LogP contribution in [0.15, 0.2) is 35.7 Å². The van der Waals surface area contributed by atoms with Crippen LogP contribution < -0.4 is 10.6 Å². The Bertz CT molecular complexity index is 537. The maximum Gasteiger partial charge on any atom is 0.146 e. The standard InChI is InChI=1S/C16H21FN2S/c1-12(2)19(11-14-6-4-10-20-14)16-13(8-9-18)5-3-7-15(16)17/h3-7,10,12H,8-9,11,18H2,1-2H3. The number of hydrogen-bond donors (Lipinski definition) is 1. The number of benzene rings is 1. The summed E-state index contributed by atoms with van der Waals surface area (Å²) in [5.74, 6) is -0.166. The third-order valence-corrected chi connectivity index (χ3v) is 4.16. The third-order valence-electron chi connectivity index (χ3n) is 3.30. The van der Waals surface area contributed by atoms with Gasteiger partial charge in [0.1, 0.15) is 5.82 Å². The monoisotopic (exact) mass is 292 g/mol. The molecule has 2 rings (SSSR count). The number of nitrogens with two attached hydrogens (primary N) is 1. The number of rotatable bonds is 6. The molecule has 0 saturated carbocycles. The number of hydrogen-bond acceptors (Lipinski definition) is 3. The van der Waals surface area contributed by atoms with E-state index in [1.54, 1.807) is 17.4 Å². The first-order valence-electron chi connectivity index (χ1n) is 6.90. The molecule has 0 unspecified atom stereocenters. The van der Waals surface area contributed by atoms with E-state index in [0.29, 0.717) is 18.7 Å². The molecule has 0 aliphatic rings. The van der Waals surface area contributed by atoms with Crippen LogP contribution in [0.2, 0.25) is 0 Å². The molecule has 0 spiro atoms. The van der Waals surface area contributed by atoms with E-state index in [1.165, 1.54) is 10.9 Å². The largest absolute Gasteiger partial charge is 0.361 e. The zero-order chi connectivity index (χ0) is 14.5. The number of halogens is 1. The van der Waals surface area contributed by atoms with Gasteiger partial charge in [-0.15, -0.1) is 11.3 Å². The number of para-hydroxylation sites is 1. The van der Waals surface area contributed by atoms with E-state index in [4.69, 9.17) is 5.73 Å². The maximum absolute atomic E-state index is 14.3. The minimum Gasteiger partial charge on any atom is -0.361 e. The van der Waals surface area contributed by atoms with Crippen molar-refractivity contribution in [3.63, 3.8) is 0 Å². The fraction of sp³-hybridized carbons (Fsp3) is 0.375. The van der Waals surface area contributed by atoms with Crippen molar-refractivity contribution in [2.24, 2.45) is 5.73 Å². The SMILES string of the molecule is CC(C)N(Cc1cccs1)c1c(F)cccc1CCN. The number of thiophene rings is 1. The van der Waals surface area contributed by atoms with Gasteiger partial charge in [0.2, 0.25) is 0 Å². The van der Waals surface area contributed by atoms with Gasteiger partial charge in [-0.1, -0.05) is 18.2 Å². The summed E-state index contributed by atoms with van der Waals surface area (Å²) >= 11 is 1.70. The minimum absolute atomic E-state index is 0.166. The Morgan fingerprint density at radius 3 is 2.65 bits per heavy atom. The Balaban J connectivity index is 2.38. The van der Waals surface area contributed by atoms with Crippen molar-refractivity contribution >= 4 is 17.0 Å². The van der Waals surface area contributed by atoms with E-state index in [0.717, 1.165) is 12.1 Å². The molecule has 0 saturated heterocycles. The van der Waals surface area contributed by atoms with Crippen molar-refractivity contribution in [1.29, 1.82) is 0 Å². The lowest BCUT2D eigenvalue weighted by Crippen LogP contribution is -2.31. The molecule has 1 heterocycles. The predicted molar refractivity (Wildman–Crippen MR) is 84.8 cm³/mol. The first kappa shape index (κ1) is 15.0. The minimum atomic E-state index is -0.166. The normalized spacial score (nSPS) is 11.1. The fourth-order valence-corrected chi connectivity index (χ4v) is 3.03. The summed E-state index contributed by atoms with van der Waals surface area (Å²) in [6.07, 6.45) is 0.695. The Kier molecular flexibility index (Phi) is 5.15. The summed E-state index contributed by atoms with van der Waals surface area (Å²) < 4.78 is 14.3. The molecule has 0 fully saturated rings. The zero-order valence-corrected chi connectivity index (χ0v) is 12.8. The topological polar surface area (TPSA) is 29.3 Å². The van der Waals surface area contributed by atoms with Gasteiger partial charge >= 0.3 is 0 Å². The lowest BCUT2D eigenvalue weighted by atomic mass is 10.1. The predicted octanol–water partition coefficient (Wildman–Crippen LogP) is 3.80. The van der Waals surface area contributed by atoms with Crippen LogP contribution in [0.1, 0.15) is 24.3 Å². The number of anilines is 1. The molecule has 0 atom stereocenters. The van der Waals surface area contributed by atoms with Gasteiger partial charge in [0.25, 0.3) is 0 Å². The van der Waals surface area contributed by atoms with Gasteiger partial charge in [-0.05, 0) is 49.9 Å². The van der Waals surface area contributed by atoms with Crippen LogP contribution in [-0.4, -0.2) is 12.6 Å². The van der Waals surface area contributed by atoms with Crippen LogP contribution in [0.4, 0.5) is 10.1 Å². The highest BCUT2D eigenvalue weighted by atomic mass is 32.1. The van der Waals surface area contributed by atoms with Crippen LogP contribution in [0.5, 0.6) is 0 Å². The van der Waals surface area contributed by atoms with Gasteiger partial charge in [0.15, 0.2) is 0 Å². The molecular weight excluding hydrogens is 271 g/mol. The van der Waals surface area contributed by atoms with Crippen molar-refractivity contribution in [1.82, 2.24) is 0 Å². The van der Waals surface area contributed by atoms with Gasteiger partial charge in [-0.2, -0.15) is 0 Å². The number of nitrogens with zero attached hydrogens (tertiary/aromatic N) is 1.